The van der Waals surface area contributed by atoms with Gasteiger partial charge in [-0.3, -0.25) is 4.90 Å². The lowest BCUT2D eigenvalue weighted by molar-refractivity contribution is 0.332. The predicted octanol–water partition coefficient (Wildman–Crippen LogP) is 14.6. The molecule has 0 atom stereocenters. The van der Waals surface area contributed by atoms with Gasteiger partial charge in [-0.25, -0.2) is 0 Å². The van der Waals surface area contributed by atoms with Crippen molar-refractivity contribution in [2.45, 2.75) is 176 Å². The van der Waals surface area contributed by atoms with E-state index in [0.29, 0.717) is 0 Å². The Balaban J connectivity index is 1.47. The van der Waals surface area contributed by atoms with Gasteiger partial charge in [0.25, 0.3) is 6.71 Å². The number of benzene rings is 5. The summed E-state index contributed by atoms with van der Waals surface area (Å²) >= 11 is 0. The first-order chi connectivity index (χ1) is 29.4. The van der Waals surface area contributed by atoms with E-state index >= 15 is 0 Å². The van der Waals surface area contributed by atoms with Crippen LogP contribution < -0.4 is 31.4 Å². The van der Waals surface area contributed by atoms with Crippen LogP contribution in [0.5, 0.6) is 0 Å². The summed E-state index contributed by atoms with van der Waals surface area (Å²) in [5, 5.41) is 2.69. The molecule has 0 radical (unpaired) electrons. The molecule has 0 unspecified atom stereocenters. The fraction of sp³-hybridized carbons (Fsp3) is 0.458. The Bertz CT molecular complexity index is 2860. The van der Waals surface area contributed by atoms with E-state index in [2.05, 4.69) is 225 Å². The summed E-state index contributed by atoms with van der Waals surface area (Å²) < 4.78 is 7.52. The van der Waals surface area contributed by atoms with Gasteiger partial charge in [-0.2, -0.15) is 0 Å². The maximum Gasteiger partial charge on any atom is 0.257 e. The molecule has 0 saturated heterocycles. The third kappa shape index (κ3) is 7.13. The molecule has 5 aromatic carbocycles. The molecule has 0 bridgehead atoms. The van der Waals surface area contributed by atoms with Gasteiger partial charge < -0.3 is 9.32 Å². The van der Waals surface area contributed by atoms with Crippen molar-refractivity contribution in [2.75, 3.05) is 9.80 Å². The molecule has 3 aliphatic rings. The van der Waals surface area contributed by atoms with Crippen LogP contribution in [0.15, 0.2) is 89.3 Å². The van der Waals surface area contributed by atoms with Crippen LogP contribution in [0, 0.1) is 0 Å². The third-order valence-corrected chi connectivity index (χ3v) is 17.3. The maximum absolute atomic E-state index is 7.52. The number of anilines is 6. The zero-order chi connectivity index (χ0) is 46.6. The highest BCUT2D eigenvalue weighted by molar-refractivity contribution is 7.02. The van der Waals surface area contributed by atoms with Gasteiger partial charge in [-0.15, -0.1) is 0 Å². The summed E-state index contributed by atoms with van der Waals surface area (Å²) in [6.07, 6.45) is 2.33. The van der Waals surface area contributed by atoms with Gasteiger partial charge in [-0.05, 0) is 138 Å². The number of hydrogen-bond donors (Lipinski definition) is 0. The van der Waals surface area contributed by atoms with Crippen LogP contribution in [0.4, 0.5) is 34.3 Å². The Labute approximate surface area is 388 Å². The second kappa shape index (κ2) is 14.0. The molecular formula is C59H75BN2OSi. The summed E-state index contributed by atoms with van der Waals surface area (Å²) in [6, 6.07) is 34.3. The Morgan fingerprint density at radius 3 is 1.55 bits per heavy atom. The van der Waals surface area contributed by atoms with Gasteiger partial charge in [0.2, 0.25) is 5.88 Å². The van der Waals surface area contributed by atoms with Gasteiger partial charge in [0, 0.05) is 39.3 Å². The molecular weight excluding hydrogens is 792 g/mol. The van der Waals surface area contributed by atoms with E-state index in [4.69, 9.17) is 4.42 Å². The molecule has 0 amide bonds. The fourth-order valence-electron chi connectivity index (χ4n) is 10.9. The van der Waals surface area contributed by atoms with Gasteiger partial charge in [0.15, 0.2) is 0 Å². The molecule has 5 heteroatoms. The van der Waals surface area contributed by atoms with E-state index in [1.165, 1.54) is 83.1 Å². The van der Waals surface area contributed by atoms with Crippen molar-refractivity contribution in [3.8, 4) is 0 Å². The monoisotopic (exact) mass is 867 g/mol. The first-order valence-corrected chi connectivity index (χ1v) is 27.7. The van der Waals surface area contributed by atoms with E-state index in [-0.39, 0.29) is 39.2 Å². The number of fused-ring (bicyclic) bond motifs is 7. The molecule has 6 aromatic rings. The molecule has 0 fully saturated rings. The first kappa shape index (κ1) is 44.7. The molecule has 64 heavy (non-hydrogen) atoms. The summed E-state index contributed by atoms with van der Waals surface area (Å²) in [5.74, 6) is 0.957. The third-order valence-electron chi connectivity index (χ3n) is 15.3. The van der Waals surface area contributed by atoms with Crippen LogP contribution in [0.1, 0.15) is 157 Å². The van der Waals surface area contributed by atoms with Crippen LogP contribution in [-0.2, 0) is 32.5 Å². The molecule has 9 rings (SSSR count). The molecule has 0 saturated carbocycles. The minimum Gasteiger partial charge on any atom is -0.440 e. The molecule has 0 N–H and O–H groups in total. The predicted molar refractivity (Wildman–Crippen MR) is 283 cm³/mol. The zero-order valence-electron chi connectivity index (χ0n) is 42.9. The van der Waals surface area contributed by atoms with Crippen molar-refractivity contribution >= 4 is 81.7 Å². The Morgan fingerprint density at radius 2 is 1.02 bits per heavy atom. The number of nitrogens with zero attached hydrogens (tertiary/aromatic N) is 2. The minimum atomic E-state index is -1.90. The Kier molecular flexibility index (Phi) is 9.79. The van der Waals surface area contributed by atoms with Crippen molar-refractivity contribution in [2.24, 2.45) is 0 Å². The average Bonchev–Trinajstić information content (AvgIpc) is 3.55. The summed E-state index contributed by atoms with van der Waals surface area (Å²) in [7, 11) is -1.90. The zero-order valence-corrected chi connectivity index (χ0v) is 43.9. The Morgan fingerprint density at radius 1 is 0.516 bits per heavy atom. The summed E-state index contributed by atoms with van der Waals surface area (Å²) in [4.78, 5) is 5.19. The van der Waals surface area contributed by atoms with Crippen LogP contribution >= 0.6 is 0 Å². The van der Waals surface area contributed by atoms with E-state index < -0.39 is 8.07 Å². The second-order valence-corrected chi connectivity index (χ2v) is 31.4. The van der Waals surface area contributed by atoms with Crippen LogP contribution in [0.25, 0.3) is 11.0 Å². The standard InChI is InChI=1S/C59H75BN2OSi/c1-54(2,3)36-20-24-39(25-21-36)61-48-32-40(64(17,18)19)33-49-52(48)60(51-41-34-42-43(35-50(41)63-53(51)61)59(15,16)29-28-58(42,13)14)45-31-38(56(7,8)9)23-27-47(45)62(49)46-26-22-37(55(4,5)6)30-44(46)57(10,11)12/h20-27,30-35H,28-29H2,1-19H3. The van der Waals surface area contributed by atoms with E-state index in [1.807, 2.05) is 0 Å². The van der Waals surface area contributed by atoms with Crippen molar-refractivity contribution in [1.82, 2.24) is 0 Å². The lowest BCUT2D eigenvalue weighted by Gasteiger charge is -2.45. The summed E-state index contributed by atoms with van der Waals surface area (Å²) in [5.41, 5.74) is 19.5. The molecule has 0 spiro atoms. The lowest BCUT2D eigenvalue weighted by Crippen LogP contribution is -2.62. The van der Waals surface area contributed by atoms with E-state index in [9.17, 15) is 0 Å². The van der Waals surface area contributed by atoms with Crippen molar-refractivity contribution < 1.29 is 4.42 Å². The highest BCUT2D eigenvalue weighted by atomic mass is 28.3. The van der Waals surface area contributed by atoms with Crippen molar-refractivity contribution in [3.05, 3.63) is 118 Å². The highest BCUT2D eigenvalue weighted by Crippen LogP contribution is 2.51. The largest absolute Gasteiger partial charge is 0.440 e. The van der Waals surface area contributed by atoms with Gasteiger partial charge in [0.05, 0.1) is 8.07 Å². The van der Waals surface area contributed by atoms with Crippen LogP contribution in [0.2, 0.25) is 19.6 Å². The van der Waals surface area contributed by atoms with Crippen LogP contribution in [0.3, 0.4) is 0 Å². The summed E-state index contributed by atoms with van der Waals surface area (Å²) in [6.45, 7) is 45.4. The molecule has 3 nitrogen and oxygen atoms in total. The number of rotatable bonds is 3. The Hall–Kier alpha value is -4.48. The molecule has 3 heterocycles. The first-order valence-electron chi connectivity index (χ1n) is 24.2. The second-order valence-electron chi connectivity index (χ2n) is 26.3. The molecule has 2 aliphatic heterocycles. The van der Waals surface area contributed by atoms with Crippen molar-refractivity contribution in [1.29, 1.82) is 0 Å². The highest BCUT2D eigenvalue weighted by Gasteiger charge is 2.49. The smallest absolute Gasteiger partial charge is 0.257 e. The van der Waals surface area contributed by atoms with Gasteiger partial charge in [0.1, 0.15) is 5.58 Å². The quantitative estimate of drug-likeness (QED) is 0.165. The topological polar surface area (TPSA) is 19.6 Å². The normalized spacial score (nSPS) is 17.0. The fourth-order valence-corrected chi connectivity index (χ4v) is 12.0. The molecule has 334 valence electrons. The molecule has 1 aliphatic carbocycles. The van der Waals surface area contributed by atoms with Crippen LogP contribution in [-0.4, -0.2) is 14.8 Å². The lowest BCUT2D eigenvalue weighted by atomic mass is 9.33. The minimum absolute atomic E-state index is 0.0205. The maximum atomic E-state index is 7.52. The SMILES string of the molecule is CC(C)(C)c1ccc(N2c3cc([Si](C)(C)C)cc4c3B(c3cc(C(C)(C)C)ccc3N4c3ccc(C(C)(C)C)cc3C(C)(C)C)c3c2oc2cc4c(cc32)C(C)(C)CCC4(C)C)cc1. The van der Waals surface area contributed by atoms with E-state index in [1.54, 1.807) is 0 Å². The van der Waals surface area contributed by atoms with Gasteiger partial charge >= 0.3 is 0 Å². The molecule has 1 aromatic heterocycles. The average molecular weight is 867 g/mol. The number of furan rings is 1. The van der Waals surface area contributed by atoms with Crippen molar-refractivity contribution in [3.63, 3.8) is 0 Å². The van der Waals surface area contributed by atoms with Gasteiger partial charge in [-0.1, -0.05) is 172 Å². The van der Waals surface area contributed by atoms with E-state index in [0.717, 1.165) is 30.0 Å². The number of hydrogen-bond acceptors (Lipinski definition) is 3.